The molecule has 0 unspecified atom stereocenters. The maximum atomic E-state index is 12.0. The van der Waals surface area contributed by atoms with Crippen molar-refractivity contribution in [1.29, 1.82) is 0 Å². The molecule has 0 radical (unpaired) electrons. The van der Waals surface area contributed by atoms with E-state index >= 15 is 0 Å². The van der Waals surface area contributed by atoms with Crippen LogP contribution in [0.4, 0.5) is 0 Å². The summed E-state index contributed by atoms with van der Waals surface area (Å²) >= 11 is 0. The largest absolute Gasteiger partial charge is 0.493 e. The number of nitrogens with zero attached hydrogens (tertiary/aromatic N) is 2. The molecule has 0 bridgehead atoms. The number of hydrogen-bond donors (Lipinski definition) is 1. The summed E-state index contributed by atoms with van der Waals surface area (Å²) in [4.78, 5) is 12.0. The van der Waals surface area contributed by atoms with Crippen molar-refractivity contribution in [2.45, 2.75) is 26.8 Å². The van der Waals surface area contributed by atoms with Crippen LogP contribution in [0.25, 0.3) is 0 Å². The van der Waals surface area contributed by atoms with Gasteiger partial charge in [0.05, 0.1) is 32.9 Å². The van der Waals surface area contributed by atoms with Crippen molar-refractivity contribution in [2.75, 3.05) is 20.8 Å². The summed E-state index contributed by atoms with van der Waals surface area (Å²) in [5.74, 6) is 1.25. The summed E-state index contributed by atoms with van der Waals surface area (Å²) in [6.07, 6.45) is 0.303. The predicted molar refractivity (Wildman–Crippen MR) is 88.0 cm³/mol. The SMILES string of the molecule is COc1ccc(CC(=O)NCCn2nc(C)cc2C)cc1OC. The predicted octanol–water partition coefficient (Wildman–Crippen LogP) is 1.88. The maximum absolute atomic E-state index is 12.0. The van der Waals surface area contributed by atoms with Crippen LogP contribution in [0.2, 0.25) is 0 Å². The van der Waals surface area contributed by atoms with Crippen molar-refractivity contribution in [3.8, 4) is 11.5 Å². The van der Waals surface area contributed by atoms with Crippen molar-refractivity contribution in [1.82, 2.24) is 15.1 Å². The van der Waals surface area contributed by atoms with E-state index in [4.69, 9.17) is 9.47 Å². The molecule has 0 spiro atoms. The monoisotopic (exact) mass is 317 g/mol. The fraction of sp³-hybridized carbons (Fsp3) is 0.412. The molecule has 6 heteroatoms. The average molecular weight is 317 g/mol. The molecular formula is C17H23N3O3. The Morgan fingerprint density at radius 3 is 2.52 bits per heavy atom. The highest BCUT2D eigenvalue weighted by Gasteiger charge is 2.08. The summed E-state index contributed by atoms with van der Waals surface area (Å²) in [6.45, 7) is 5.18. The van der Waals surface area contributed by atoms with Gasteiger partial charge in [-0.3, -0.25) is 9.48 Å². The zero-order chi connectivity index (χ0) is 16.8. The van der Waals surface area contributed by atoms with E-state index in [1.807, 2.05) is 36.7 Å². The van der Waals surface area contributed by atoms with Crippen molar-refractivity contribution in [2.24, 2.45) is 0 Å². The van der Waals surface area contributed by atoms with Crippen LogP contribution < -0.4 is 14.8 Å². The quantitative estimate of drug-likeness (QED) is 0.847. The fourth-order valence-corrected chi connectivity index (χ4v) is 2.44. The Hall–Kier alpha value is -2.50. The lowest BCUT2D eigenvalue weighted by molar-refractivity contribution is -0.120. The van der Waals surface area contributed by atoms with Crippen molar-refractivity contribution in [3.63, 3.8) is 0 Å². The second-order valence-corrected chi connectivity index (χ2v) is 5.37. The number of carbonyl (C=O) groups is 1. The Morgan fingerprint density at radius 2 is 1.91 bits per heavy atom. The van der Waals surface area contributed by atoms with Gasteiger partial charge < -0.3 is 14.8 Å². The van der Waals surface area contributed by atoms with Gasteiger partial charge >= 0.3 is 0 Å². The molecule has 0 saturated heterocycles. The Bertz CT molecular complexity index is 680. The lowest BCUT2D eigenvalue weighted by atomic mass is 10.1. The van der Waals surface area contributed by atoms with E-state index in [1.54, 1.807) is 20.3 Å². The first-order valence-electron chi connectivity index (χ1n) is 7.52. The number of hydrogen-bond acceptors (Lipinski definition) is 4. The molecule has 1 aromatic heterocycles. The Balaban J connectivity index is 1.86. The number of benzene rings is 1. The third-order valence-corrected chi connectivity index (χ3v) is 3.56. The summed E-state index contributed by atoms with van der Waals surface area (Å²) in [5, 5.41) is 7.28. The second kappa shape index (κ2) is 7.67. The molecule has 2 aromatic rings. The number of carbonyl (C=O) groups excluding carboxylic acids is 1. The van der Waals surface area contributed by atoms with Crippen LogP contribution in [0.15, 0.2) is 24.3 Å². The number of aryl methyl sites for hydroxylation is 2. The van der Waals surface area contributed by atoms with Crippen LogP contribution in [0.1, 0.15) is 17.0 Å². The third kappa shape index (κ3) is 4.48. The van der Waals surface area contributed by atoms with Gasteiger partial charge in [-0.25, -0.2) is 0 Å². The smallest absolute Gasteiger partial charge is 0.224 e. The maximum Gasteiger partial charge on any atom is 0.224 e. The number of methoxy groups -OCH3 is 2. The Kier molecular flexibility index (Phi) is 5.62. The molecule has 6 nitrogen and oxygen atoms in total. The van der Waals surface area contributed by atoms with E-state index in [1.165, 1.54) is 0 Å². The van der Waals surface area contributed by atoms with E-state index in [0.29, 0.717) is 31.0 Å². The first-order chi connectivity index (χ1) is 11.0. The zero-order valence-corrected chi connectivity index (χ0v) is 14.0. The number of amides is 1. The summed E-state index contributed by atoms with van der Waals surface area (Å²) in [6, 6.07) is 7.50. The summed E-state index contributed by atoms with van der Waals surface area (Å²) in [7, 11) is 3.17. The minimum Gasteiger partial charge on any atom is -0.493 e. The van der Waals surface area contributed by atoms with Gasteiger partial charge in [-0.2, -0.15) is 5.10 Å². The van der Waals surface area contributed by atoms with Crippen LogP contribution in [0, 0.1) is 13.8 Å². The van der Waals surface area contributed by atoms with Crippen molar-refractivity contribution >= 4 is 5.91 Å². The topological polar surface area (TPSA) is 65.4 Å². The molecule has 0 saturated carbocycles. The minimum absolute atomic E-state index is 0.0289. The molecule has 23 heavy (non-hydrogen) atoms. The van der Waals surface area contributed by atoms with Gasteiger partial charge in [0.25, 0.3) is 0 Å². The minimum atomic E-state index is -0.0289. The molecule has 124 valence electrons. The molecule has 1 heterocycles. The van der Waals surface area contributed by atoms with Gasteiger partial charge in [-0.05, 0) is 37.6 Å². The van der Waals surface area contributed by atoms with Gasteiger partial charge in [-0.1, -0.05) is 6.07 Å². The van der Waals surface area contributed by atoms with E-state index in [9.17, 15) is 4.79 Å². The average Bonchev–Trinajstić information content (AvgIpc) is 2.85. The van der Waals surface area contributed by atoms with Crippen molar-refractivity contribution in [3.05, 3.63) is 41.2 Å². The second-order valence-electron chi connectivity index (χ2n) is 5.37. The fourth-order valence-electron chi connectivity index (χ4n) is 2.44. The van der Waals surface area contributed by atoms with Crippen LogP contribution in [-0.4, -0.2) is 36.5 Å². The number of ether oxygens (including phenoxy) is 2. The highest BCUT2D eigenvalue weighted by Crippen LogP contribution is 2.27. The third-order valence-electron chi connectivity index (χ3n) is 3.56. The lowest BCUT2D eigenvalue weighted by Gasteiger charge is -2.10. The molecule has 1 amide bonds. The molecule has 1 N–H and O–H groups in total. The van der Waals surface area contributed by atoms with Gasteiger partial charge in [0.15, 0.2) is 11.5 Å². The van der Waals surface area contributed by atoms with E-state index in [2.05, 4.69) is 10.4 Å². The number of aromatic nitrogens is 2. The standard InChI is InChI=1S/C17H23N3O3/c1-12-9-13(2)20(19-12)8-7-18-17(21)11-14-5-6-15(22-3)16(10-14)23-4/h5-6,9-10H,7-8,11H2,1-4H3,(H,18,21). The number of rotatable bonds is 7. The molecular weight excluding hydrogens is 294 g/mol. The molecule has 0 aliphatic carbocycles. The number of nitrogens with one attached hydrogen (secondary N) is 1. The van der Waals surface area contributed by atoms with Crippen LogP contribution in [0.5, 0.6) is 11.5 Å². The molecule has 1 aromatic carbocycles. The van der Waals surface area contributed by atoms with Crippen LogP contribution in [-0.2, 0) is 17.8 Å². The normalized spacial score (nSPS) is 10.4. The molecule has 0 aliphatic rings. The van der Waals surface area contributed by atoms with E-state index in [-0.39, 0.29) is 5.91 Å². The summed E-state index contributed by atoms with van der Waals surface area (Å²) < 4.78 is 12.3. The summed E-state index contributed by atoms with van der Waals surface area (Å²) in [5.41, 5.74) is 2.96. The van der Waals surface area contributed by atoms with Gasteiger partial charge in [0.2, 0.25) is 5.91 Å². The first-order valence-corrected chi connectivity index (χ1v) is 7.52. The molecule has 0 atom stereocenters. The molecule has 0 aliphatic heterocycles. The highest BCUT2D eigenvalue weighted by molar-refractivity contribution is 5.78. The lowest BCUT2D eigenvalue weighted by Crippen LogP contribution is -2.29. The van der Waals surface area contributed by atoms with Gasteiger partial charge in [0, 0.05) is 12.2 Å². The van der Waals surface area contributed by atoms with Gasteiger partial charge in [0.1, 0.15) is 0 Å². The molecule has 0 fully saturated rings. The van der Waals surface area contributed by atoms with Gasteiger partial charge in [-0.15, -0.1) is 0 Å². The Morgan fingerprint density at radius 1 is 1.17 bits per heavy atom. The molecule has 2 rings (SSSR count). The highest BCUT2D eigenvalue weighted by atomic mass is 16.5. The van der Waals surface area contributed by atoms with E-state index in [0.717, 1.165) is 17.0 Å². The zero-order valence-electron chi connectivity index (χ0n) is 14.0. The van der Waals surface area contributed by atoms with Crippen molar-refractivity contribution < 1.29 is 14.3 Å². The first kappa shape index (κ1) is 16.9. The van der Waals surface area contributed by atoms with Crippen LogP contribution in [0.3, 0.4) is 0 Å². The van der Waals surface area contributed by atoms with E-state index < -0.39 is 0 Å². The van der Waals surface area contributed by atoms with Crippen LogP contribution >= 0.6 is 0 Å². The Labute approximate surface area is 136 Å².